The maximum atomic E-state index is 11.6. The van der Waals surface area contributed by atoms with Gasteiger partial charge >= 0.3 is 5.69 Å². The van der Waals surface area contributed by atoms with E-state index in [1.54, 1.807) is 17.0 Å². The molecule has 0 bridgehead atoms. The highest BCUT2D eigenvalue weighted by molar-refractivity contribution is 6.30. The van der Waals surface area contributed by atoms with Gasteiger partial charge in [0.25, 0.3) is 0 Å². The van der Waals surface area contributed by atoms with Crippen molar-refractivity contribution in [3.05, 3.63) is 45.4 Å². The Bertz CT molecular complexity index is 589. The molecule has 0 fully saturated rings. The van der Waals surface area contributed by atoms with E-state index in [-0.39, 0.29) is 11.7 Å². The van der Waals surface area contributed by atoms with Crippen LogP contribution in [0.5, 0.6) is 0 Å². The Morgan fingerprint density at radius 2 is 2.38 bits per heavy atom. The molecule has 3 rings (SSSR count). The van der Waals surface area contributed by atoms with Crippen LogP contribution >= 0.6 is 11.6 Å². The summed E-state index contributed by atoms with van der Waals surface area (Å²) in [7, 11) is 0. The number of hydrogen-bond donors (Lipinski definition) is 1. The molecular formula is C10H9ClN4O. The molecule has 1 aliphatic heterocycles. The summed E-state index contributed by atoms with van der Waals surface area (Å²) in [6.07, 6.45) is 4.99. The Kier molecular flexibility index (Phi) is 2.07. The fraction of sp³-hybridized carbons (Fsp3) is 0.300. The van der Waals surface area contributed by atoms with E-state index >= 15 is 0 Å². The molecule has 0 aliphatic carbocycles. The standard InChI is InChI=1S/C10H9ClN4O/c11-7-3-6(4-12-5-7)8-1-2-9-13-14-10(16)15(8)9/h3-5,8H,1-2H2,(H,14,16). The normalized spacial score (nSPS) is 18.7. The summed E-state index contributed by atoms with van der Waals surface area (Å²) in [5.41, 5.74) is 0.784. The predicted octanol–water partition coefficient (Wildman–Crippen LogP) is 1.16. The van der Waals surface area contributed by atoms with Gasteiger partial charge in [-0.1, -0.05) is 11.6 Å². The van der Waals surface area contributed by atoms with Gasteiger partial charge in [-0.3, -0.25) is 9.55 Å². The molecule has 16 heavy (non-hydrogen) atoms. The average molecular weight is 237 g/mol. The molecule has 6 heteroatoms. The zero-order valence-electron chi connectivity index (χ0n) is 8.35. The molecule has 0 saturated heterocycles. The molecule has 0 aromatic carbocycles. The number of aromatic nitrogens is 4. The van der Waals surface area contributed by atoms with Gasteiger partial charge in [0.1, 0.15) is 5.82 Å². The van der Waals surface area contributed by atoms with E-state index in [1.165, 1.54) is 0 Å². The molecular weight excluding hydrogens is 228 g/mol. The molecule has 2 aromatic heterocycles. The van der Waals surface area contributed by atoms with Gasteiger partial charge in [0.05, 0.1) is 11.1 Å². The summed E-state index contributed by atoms with van der Waals surface area (Å²) >= 11 is 5.89. The highest BCUT2D eigenvalue weighted by Gasteiger charge is 2.27. The smallest absolute Gasteiger partial charge is 0.271 e. The first-order valence-electron chi connectivity index (χ1n) is 5.02. The van der Waals surface area contributed by atoms with Crippen molar-refractivity contribution in [1.82, 2.24) is 19.7 Å². The van der Waals surface area contributed by atoms with Crippen LogP contribution in [0.2, 0.25) is 5.02 Å². The second-order valence-corrected chi connectivity index (χ2v) is 4.24. The van der Waals surface area contributed by atoms with E-state index in [9.17, 15) is 4.79 Å². The first-order valence-corrected chi connectivity index (χ1v) is 5.40. The number of H-pyrrole nitrogens is 1. The molecule has 1 aliphatic rings. The van der Waals surface area contributed by atoms with Crippen LogP contribution in [-0.4, -0.2) is 19.7 Å². The number of fused-ring (bicyclic) bond motifs is 1. The third-order valence-electron chi connectivity index (χ3n) is 2.84. The SMILES string of the molecule is O=c1[nH]nc2n1C(c1cncc(Cl)c1)CC2. The number of hydrogen-bond acceptors (Lipinski definition) is 3. The second kappa shape index (κ2) is 3.45. The topological polar surface area (TPSA) is 63.6 Å². The molecule has 2 aromatic rings. The van der Waals surface area contributed by atoms with Crippen LogP contribution in [0, 0.1) is 0 Å². The number of aromatic amines is 1. The van der Waals surface area contributed by atoms with Crippen molar-refractivity contribution in [3.63, 3.8) is 0 Å². The number of rotatable bonds is 1. The van der Waals surface area contributed by atoms with E-state index in [1.807, 2.05) is 6.07 Å². The van der Waals surface area contributed by atoms with Crippen molar-refractivity contribution in [2.24, 2.45) is 0 Å². The number of halogens is 1. The van der Waals surface area contributed by atoms with Crippen LogP contribution < -0.4 is 5.69 Å². The molecule has 82 valence electrons. The lowest BCUT2D eigenvalue weighted by molar-refractivity contribution is 0.596. The number of aryl methyl sites for hydroxylation is 1. The monoisotopic (exact) mass is 236 g/mol. The Morgan fingerprint density at radius 1 is 1.50 bits per heavy atom. The highest BCUT2D eigenvalue weighted by atomic mass is 35.5. The third-order valence-corrected chi connectivity index (χ3v) is 3.05. The quantitative estimate of drug-likeness (QED) is 0.808. The first-order chi connectivity index (χ1) is 7.75. The van der Waals surface area contributed by atoms with Crippen LogP contribution in [0.1, 0.15) is 23.9 Å². The molecule has 1 unspecified atom stereocenters. The molecule has 3 heterocycles. The first kappa shape index (κ1) is 9.59. The van der Waals surface area contributed by atoms with Gasteiger partial charge < -0.3 is 0 Å². The minimum Gasteiger partial charge on any atom is -0.271 e. The van der Waals surface area contributed by atoms with Crippen molar-refractivity contribution in [2.75, 3.05) is 0 Å². The summed E-state index contributed by atoms with van der Waals surface area (Å²) in [6.45, 7) is 0. The third kappa shape index (κ3) is 1.36. The molecule has 0 amide bonds. The van der Waals surface area contributed by atoms with Crippen LogP contribution in [-0.2, 0) is 6.42 Å². The zero-order valence-corrected chi connectivity index (χ0v) is 9.11. The zero-order chi connectivity index (χ0) is 11.1. The summed E-state index contributed by atoms with van der Waals surface area (Å²) in [4.78, 5) is 15.6. The van der Waals surface area contributed by atoms with Crippen LogP contribution in [0.4, 0.5) is 0 Å². The Hall–Kier alpha value is -1.62. The van der Waals surface area contributed by atoms with Crippen LogP contribution in [0.15, 0.2) is 23.3 Å². The van der Waals surface area contributed by atoms with Gasteiger partial charge in [-0.05, 0) is 18.1 Å². The largest absolute Gasteiger partial charge is 0.343 e. The minimum absolute atomic E-state index is 0.00690. The minimum atomic E-state index is -0.169. The van der Waals surface area contributed by atoms with Crippen molar-refractivity contribution in [3.8, 4) is 0 Å². The average Bonchev–Trinajstić information content (AvgIpc) is 2.82. The van der Waals surface area contributed by atoms with E-state index in [2.05, 4.69) is 15.2 Å². The Morgan fingerprint density at radius 3 is 3.19 bits per heavy atom. The maximum Gasteiger partial charge on any atom is 0.343 e. The highest BCUT2D eigenvalue weighted by Crippen LogP contribution is 2.29. The van der Waals surface area contributed by atoms with Crippen molar-refractivity contribution >= 4 is 11.6 Å². The Balaban J connectivity index is 2.10. The fourth-order valence-corrected chi connectivity index (χ4v) is 2.34. The van der Waals surface area contributed by atoms with Gasteiger partial charge in [-0.15, -0.1) is 0 Å². The molecule has 1 N–H and O–H groups in total. The lowest BCUT2D eigenvalue weighted by Gasteiger charge is -2.11. The molecule has 0 spiro atoms. The summed E-state index contributed by atoms with van der Waals surface area (Å²) in [5, 5.41) is 7.01. The van der Waals surface area contributed by atoms with Gasteiger partial charge in [0, 0.05) is 18.8 Å². The Labute approximate surface area is 96.1 Å². The summed E-state index contributed by atoms with van der Waals surface area (Å²) in [5.74, 6) is 0.801. The van der Waals surface area contributed by atoms with Crippen molar-refractivity contribution < 1.29 is 0 Å². The van der Waals surface area contributed by atoms with Gasteiger partial charge in [0.2, 0.25) is 0 Å². The van der Waals surface area contributed by atoms with E-state index < -0.39 is 0 Å². The number of nitrogens with zero attached hydrogens (tertiary/aromatic N) is 3. The van der Waals surface area contributed by atoms with E-state index in [4.69, 9.17) is 11.6 Å². The van der Waals surface area contributed by atoms with Crippen LogP contribution in [0.25, 0.3) is 0 Å². The van der Waals surface area contributed by atoms with Gasteiger partial charge in [0.15, 0.2) is 0 Å². The van der Waals surface area contributed by atoms with Crippen molar-refractivity contribution in [2.45, 2.75) is 18.9 Å². The van der Waals surface area contributed by atoms with E-state index in [0.717, 1.165) is 24.2 Å². The fourth-order valence-electron chi connectivity index (χ4n) is 2.16. The molecule has 0 saturated carbocycles. The maximum absolute atomic E-state index is 11.6. The van der Waals surface area contributed by atoms with Crippen LogP contribution in [0.3, 0.4) is 0 Å². The predicted molar refractivity (Wildman–Crippen MR) is 58.6 cm³/mol. The molecule has 1 atom stereocenters. The lowest BCUT2D eigenvalue weighted by Crippen LogP contribution is -2.20. The van der Waals surface area contributed by atoms with Gasteiger partial charge in [-0.2, -0.15) is 5.10 Å². The summed E-state index contributed by atoms with van der Waals surface area (Å²) < 4.78 is 1.67. The number of nitrogens with one attached hydrogen (secondary N) is 1. The number of pyridine rings is 1. The summed E-state index contributed by atoms with van der Waals surface area (Å²) in [6, 6.07) is 1.85. The lowest BCUT2D eigenvalue weighted by atomic mass is 10.1. The van der Waals surface area contributed by atoms with E-state index in [0.29, 0.717) is 5.02 Å². The van der Waals surface area contributed by atoms with Crippen molar-refractivity contribution in [1.29, 1.82) is 0 Å². The molecule has 0 radical (unpaired) electrons. The second-order valence-electron chi connectivity index (χ2n) is 3.81. The van der Waals surface area contributed by atoms with Gasteiger partial charge in [-0.25, -0.2) is 9.89 Å². The molecule has 5 nitrogen and oxygen atoms in total.